The first-order valence-electron chi connectivity index (χ1n) is 4.99. The molecule has 1 rings (SSSR count). The predicted octanol–water partition coefficient (Wildman–Crippen LogP) is 1.49. The van der Waals surface area contributed by atoms with E-state index >= 15 is 0 Å². The van der Waals surface area contributed by atoms with E-state index in [1.807, 2.05) is 0 Å². The van der Waals surface area contributed by atoms with Crippen molar-refractivity contribution >= 4 is 5.97 Å². The van der Waals surface area contributed by atoms with Gasteiger partial charge in [0, 0.05) is 0 Å². The maximum Gasteiger partial charge on any atom is 0.311 e. The molecule has 1 aliphatic carbocycles. The Balaban J connectivity index is 2.54. The highest BCUT2D eigenvalue weighted by Crippen LogP contribution is 2.36. The van der Waals surface area contributed by atoms with Crippen LogP contribution in [0.3, 0.4) is 0 Å². The van der Waals surface area contributed by atoms with Crippen LogP contribution in [0.1, 0.15) is 39.5 Å². The Kier molecular flexibility index (Phi) is 3.31. The van der Waals surface area contributed by atoms with Crippen LogP contribution in [-0.2, 0) is 9.53 Å². The van der Waals surface area contributed by atoms with Gasteiger partial charge in [0.25, 0.3) is 0 Å². The molecule has 0 aromatic rings. The second-order valence-corrected chi connectivity index (χ2v) is 3.78. The van der Waals surface area contributed by atoms with Crippen LogP contribution >= 0.6 is 0 Å². The standard InChI is InChI=1S/C10H18O3/c1-3-13-9(11)8(2)10(12)6-4-5-7-10/h8,12H,3-7H2,1-2H3. The minimum Gasteiger partial charge on any atom is -0.466 e. The molecule has 0 spiro atoms. The first-order valence-corrected chi connectivity index (χ1v) is 4.99. The third kappa shape index (κ3) is 2.21. The molecule has 0 bridgehead atoms. The van der Waals surface area contributed by atoms with E-state index in [9.17, 15) is 9.90 Å². The summed E-state index contributed by atoms with van der Waals surface area (Å²) in [6.45, 7) is 3.92. The molecule has 0 heterocycles. The molecule has 1 N–H and O–H groups in total. The molecule has 3 heteroatoms. The van der Waals surface area contributed by atoms with Crippen molar-refractivity contribution in [1.82, 2.24) is 0 Å². The van der Waals surface area contributed by atoms with Crippen LogP contribution in [0.25, 0.3) is 0 Å². The zero-order valence-corrected chi connectivity index (χ0v) is 8.38. The van der Waals surface area contributed by atoms with Gasteiger partial charge >= 0.3 is 5.97 Å². The van der Waals surface area contributed by atoms with Crippen molar-refractivity contribution in [3.8, 4) is 0 Å². The average molecular weight is 186 g/mol. The number of carbonyl (C=O) groups is 1. The lowest BCUT2D eigenvalue weighted by molar-refractivity contribution is -0.156. The van der Waals surface area contributed by atoms with Crippen molar-refractivity contribution in [3.63, 3.8) is 0 Å². The van der Waals surface area contributed by atoms with Crippen molar-refractivity contribution < 1.29 is 14.6 Å². The minimum absolute atomic E-state index is 0.271. The van der Waals surface area contributed by atoms with E-state index in [-0.39, 0.29) is 11.9 Å². The normalized spacial score (nSPS) is 22.7. The van der Waals surface area contributed by atoms with Gasteiger partial charge in [0.1, 0.15) is 0 Å². The van der Waals surface area contributed by atoms with E-state index in [1.165, 1.54) is 0 Å². The third-order valence-electron chi connectivity index (χ3n) is 2.92. The zero-order valence-electron chi connectivity index (χ0n) is 8.38. The minimum atomic E-state index is -0.799. The van der Waals surface area contributed by atoms with Gasteiger partial charge < -0.3 is 9.84 Å². The van der Waals surface area contributed by atoms with Gasteiger partial charge in [0.05, 0.1) is 18.1 Å². The van der Waals surface area contributed by atoms with E-state index in [2.05, 4.69) is 0 Å². The predicted molar refractivity (Wildman–Crippen MR) is 49.2 cm³/mol. The van der Waals surface area contributed by atoms with Gasteiger partial charge in [-0.3, -0.25) is 4.79 Å². The van der Waals surface area contributed by atoms with Gasteiger partial charge in [0.2, 0.25) is 0 Å². The molecule has 1 fully saturated rings. The number of ether oxygens (including phenoxy) is 1. The van der Waals surface area contributed by atoms with Crippen LogP contribution in [0.15, 0.2) is 0 Å². The van der Waals surface area contributed by atoms with Gasteiger partial charge in [-0.05, 0) is 26.7 Å². The molecule has 0 aromatic heterocycles. The lowest BCUT2D eigenvalue weighted by atomic mass is 9.87. The third-order valence-corrected chi connectivity index (χ3v) is 2.92. The number of carbonyl (C=O) groups excluding carboxylic acids is 1. The maximum atomic E-state index is 11.4. The van der Waals surface area contributed by atoms with E-state index in [0.29, 0.717) is 6.61 Å². The summed E-state index contributed by atoms with van der Waals surface area (Å²) in [6, 6.07) is 0. The lowest BCUT2D eigenvalue weighted by Crippen LogP contribution is -2.38. The summed E-state index contributed by atoms with van der Waals surface area (Å²) in [7, 11) is 0. The molecular weight excluding hydrogens is 168 g/mol. The van der Waals surface area contributed by atoms with Gasteiger partial charge in [0.15, 0.2) is 0 Å². The molecule has 0 aliphatic heterocycles. The van der Waals surface area contributed by atoms with Crippen molar-refractivity contribution in [2.75, 3.05) is 6.61 Å². The molecule has 0 saturated heterocycles. The van der Waals surface area contributed by atoms with Gasteiger partial charge in [-0.2, -0.15) is 0 Å². The van der Waals surface area contributed by atoms with Crippen molar-refractivity contribution in [1.29, 1.82) is 0 Å². The fourth-order valence-electron chi connectivity index (χ4n) is 1.91. The largest absolute Gasteiger partial charge is 0.466 e. The summed E-state index contributed by atoms with van der Waals surface area (Å²) in [6.07, 6.45) is 3.49. The molecule has 1 unspecified atom stereocenters. The SMILES string of the molecule is CCOC(=O)C(C)C1(O)CCCC1. The van der Waals surface area contributed by atoms with Crippen molar-refractivity contribution in [2.24, 2.45) is 5.92 Å². The summed E-state index contributed by atoms with van der Waals surface area (Å²) in [5, 5.41) is 10.1. The van der Waals surface area contributed by atoms with Gasteiger partial charge in [-0.25, -0.2) is 0 Å². The van der Waals surface area contributed by atoms with Crippen LogP contribution < -0.4 is 0 Å². The second kappa shape index (κ2) is 4.09. The maximum absolute atomic E-state index is 11.4. The van der Waals surface area contributed by atoms with E-state index in [4.69, 9.17) is 4.74 Å². The summed E-state index contributed by atoms with van der Waals surface area (Å²) < 4.78 is 4.88. The van der Waals surface area contributed by atoms with Crippen molar-refractivity contribution in [3.05, 3.63) is 0 Å². The fourth-order valence-corrected chi connectivity index (χ4v) is 1.91. The Labute approximate surface area is 79.1 Å². The van der Waals surface area contributed by atoms with E-state index in [1.54, 1.807) is 13.8 Å². The summed E-state index contributed by atoms with van der Waals surface area (Å²) in [4.78, 5) is 11.4. The van der Waals surface area contributed by atoms with Crippen LogP contribution in [0.2, 0.25) is 0 Å². The van der Waals surface area contributed by atoms with Crippen LogP contribution in [0, 0.1) is 5.92 Å². The highest BCUT2D eigenvalue weighted by atomic mass is 16.5. The smallest absolute Gasteiger partial charge is 0.311 e. The lowest BCUT2D eigenvalue weighted by Gasteiger charge is -2.27. The Hall–Kier alpha value is -0.570. The summed E-state index contributed by atoms with van der Waals surface area (Å²) >= 11 is 0. The molecule has 0 amide bonds. The Bertz CT molecular complexity index is 183. The second-order valence-electron chi connectivity index (χ2n) is 3.78. The Morgan fingerprint density at radius 3 is 2.54 bits per heavy atom. The molecule has 0 radical (unpaired) electrons. The topological polar surface area (TPSA) is 46.5 Å². The molecule has 1 aliphatic rings. The average Bonchev–Trinajstić information content (AvgIpc) is 2.52. The van der Waals surface area contributed by atoms with Crippen LogP contribution in [0.5, 0.6) is 0 Å². The monoisotopic (exact) mass is 186 g/mol. The zero-order chi connectivity index (χ0) is 9.90. The first kappa shape index (κ1) is 10.5. The number of hydrogen-bond acceptors (Lipinski definition) is 3. The molecule has 76 valence electrons. The molecule has 0 aromatic carbocycles. The summed E-state index contributed by atoms with van der Waals surface area (Å²) in [5.41, 5.74) is -0.799. The highest BCUT2D eigenvalue weighted by Gasteiger charge is 2.41. The number of hydrogen-bond donors (Lipinski definition) is 1. The first-order chi connectivity index (χ1) is 6.10. The number of rotatable bonds is 3. The van der Waals surface area contributed by atoms with Crippen LogP contribution in [-0.4, -0.2) is 23.3 Å². The molecule has 1 saturated carbocycles. The van der Waals surface area contributed by atoms with Crippen molar-refractivity contribution in [2.45, 2.75) is 45.1 Å². The van der Waals surface area contributed by atoms with Gasteiger partial charge in [-0.1, -0.05) is 12.8 Å². The number of esters is 1. The quantitative estimate of drug-likeness (QED) is 0.679. The Morgan fingerprint density at radius 2 is 2.08 bits per heavy atom. The van der Waals surface area contributed by atoms with E-state index < -0.39 is 5.60 Å². The van der Waals surface area contributed by atoms with E-state index in [0.717, 1.165) is 25.7 Å². The van der Waals surface area contributed by atoms with Gasteiger partial charge in [-0.15, -0.1) is 0 Å². The molecule has 13 heavy (non-hydrogen) atoms. The molecule has 3 nitrogen and oxygen atoms in total. The summed E-state index contributed by atoms with van der Waals surface area (Å²) in [5.74, 6) is -0.651. The molecule has 1 atom stereocenters. The number of aliphatic hydroxyl groups is 1. The van der Waals surface area contributed by atoms with Crippen LogP contribution in [0.4, 0.5) is 0 Å². The highest BCUT2D eigenvalue weighted by molar-refractivity contribution is 5.73. The molecular formula is C10H18O3. The Morgan fingerprint density at radius 1 is 1.54 bits per heavy atom. The fraction of sp³-hybridized carbons (Fsp3) is 0.900.